The molecule has 6 heteroatoms. The van der Waals surface area contributed by atoms with Crippen LogP contribution in [-0.4, -0.2) is 29.9 Å². The Kier molecular flexibility index (Phi) is 5.68. The first-order valence-corrected chi connectivity index (χ1v) is 12.8. The predicted octanol–water partition coefficient (Wildman–Crippen LogP) is 4.12. The molecule has 0 heterocycles. The van der Waals surface area contributed by atoms with E-state index in [0.717, 1.165) is 77.0 Å². The summed E-state index contributed by atoms with van der Waals surface area (Å²) < 4.78 is 0. The largest absolute Gasteiger partial charge is 0.353 e. The van der Waals surface area contributed by atoms with E-state index in [0.29, 0.717) is 18.3 Å². The normalized spacial score (nSPS) is 44.8. The van der Waals surface area contributed by atoms with Crippen LogP contribution in [0.2, 0.25) is 0 Å². The number of rotatable bonds is 4. The van der Waals surface area contributed by atoms with Gasteiger partial charge in [-0.15, -0.1) is 0 Å². The Morgan fingerprint density at radius 3 is 1.72 bits per heavy atom. The summed E-state index contributed by atoms with van der Waals surface area (Å²) in [7, 11) is 0. The molecule has 0 aromatic heterocycles. The van der Waals surface area contributed by atoms with E-state index < -0.39 is 0 Å². The molecule has 6 fully saturated rings. The van der Waals surface area contributed by atoms with E-state index in [1.807, 2.05) is 0 Å². The van der Waals surface area contributed by atoms with Crippen LogP contribution in [0.5, 0.6) is 0 Å². The highest BCUT2D eigenvalue weighted by Gasteiger charge is 2.63. The predicted molar refractivity (Wildman–Crippen MR) is 120 cm³/mol. The zero-order chi connectivity index (χ0) is 22.3. The van der Waals surface area contributed by atoms with E-state index in [-0.39, 0.29) is 46.7 Å². The Bertz CT molecular complexity index is 759. The second-order valence-electron chi connectivity index (χ2n) is 11.8. The van der Waals surface area contributed by atoms with Crippen molar-refractivity contribution in [3.8, 4) is 6.07 Å². The van der Waals surface area contributed by atoms with E-state index in [9.17, 15) is 9.59 Å². The lowest BCUT2D eigenvalue weighted by Crippen LogP contribution is -2.62. The van der Waals surface area contributed by atoms with Gasteiger partial charge in [0.05, 0.1) is 16.9 Å². The minimum Gasteiger partial charge on any atom is -0.353 e. The Morgan fingerprint density at radius 1 is 0.812 bits per heavy atom. The molecule has 0 aliphatic heterocycles. The van der Waals surface area contributed by atoms with Crippen molar-refractivity contribution >= 4 is 11.8 Å². The number of hydrogen-bond acceptors (Lipinski definition) is 3. The molecule has 2 N–H and O–H groups in total. The van der Waals surface area contributed by atoms with Gasteiger partial charge in [-0.05, 0) is 88.9 Å². The number of amides is 2. The van der Waals surface area contributed by atoms with Gasteiger partial charge in [-0.2, -0.15) is 5.26 Å². The van der Waals surface area contributed by atoms with Crippen LogP contribution >= 0.6 is 0 Å². The van der Waals surface area contributed by atoms with E-state index in [1.165, 1.54) is 6.42 Å². The van der Waals surface area contributed by atoms with Gasteiger partial charge in [0.15, 0.2) is 0 Å². The molecule has 0 saturated heterocycles. The lowest BCUT2D eigenvalue weighted by molar-refractivity contribution is -0.168. The molecule has 2 unspecified atom stereocenters. The highest BCUT2D eigenvalue weighted by Crippen LogP contribution is 2.65. The molecule has 6 nitrogen and oxygen atoms in total. The van der Waals surface area contributed by atoms with Gasteiger partial charge in [0.25, 0.3) is 0 Å². The molecule has 0 spiro atoms. The average Bonchev–Trinajstić information content (AvgIpc) is 2.79. The molecule has 172 valence electrons. The molecule has 4 bridgehead atoms. The van der Waals surface area contributed by atoms with Crippen LogP contribution in [0.1, 0.15) is 89.9 Å². The highest BCUT2D eigenvalue weighted by atomic mass is 16.2. The summed E-state index contributed by atoms with van der Waals surface area (Å²) in [5.74, 6) is 1.48. The fourth-order valence-corrected chi connectivity index (χ4v) is 8.19. The second-order valence-corrected chi connectivity index (χ2v) is 11.8. The van der Waals surface area contributed by atoms with Crippen LogP contribution in [0.3, 0.4) is 0 Å². The molecule has 0 aromatic carbocycles. The first kappa shape index (κ1) is 21.7. The quantitative estimate of drug-likeness (QED) is 0.650. The third-order valence-corrected chi connectivity index (χ3v) is 9.48. The van der Waals surface area contributed by atoms with Gasteiger partial charge in [-0.25, -0.2) is 6.57 Å². The Labute approximate surface area is 191 Å². The average molecular weight is 437 g/mol. The summed E-state index contributed by atoms with van der Waals surface area (Å²) in [6.45, 7) is 7.24. The number of nitriles is 1. The molecule has 6 rings (SSSR count). The van der Waals surface area contributed by atoms with Crippen LogP contribution in [0.15, 0.2) is 0 Å². The van der Waals surface area contributed by atoms with Crippen molar-refractivity contribution in [1.29, 1.82) is 5.26 Å². The monoisotopic (exact) mass is 436 g/mol. The summed E-state index contributed by atoms with van der Waals surface area (Å²) in [5, 5.41) is 15.9. The van der Waals surface area contributed by atoms with Crippen LogP contribution < -0.4 is 10.6 Å². The molecular weight excluding hydrogens is 400 g/mol. The Balaban J connectivity index is 1.26. The zero-order valence-corrected chi connectivity index (χ0v) is 19.1. The van der Waals surface area contributed by atoms with Gasteiger partial charge in [0, 0.05) is 30.8 Å². The standard InChI is InChI=1S/C26H36N4O2/c1-28-20-6-8-22(9-7-20)30-24(32)26-13-18-10-19(14-26)12-25(11-18,16-26)23(31)29-21-4-2-17(15-27)3-5-21/h17-22H,2-14,16H2,(H,29,31)(H,30,32). The number of nitrogens with zero attached hydrogens (tertiary/aromatic N) is 2. The van der Waals surface area contributed by atoms with E-state index in [1.54, 1.807) is 0 Å². The van der Waals surface area contributed by atoms with Gasteiger partial charge in [-0.1, -0.05) is 0 Å². The number of carbonyl (C=O) groups is 2. The summed E-state index contributed by atoms with van der Waals surface area (Å²) in [6.07, 6.45) is 12.7. The first-order valence-electron chi connectivity index (χ1n) is 12.8. The molecule has 2 atom stereocenters. The second kappa shape index (κ2) is 8.36. The van der Waals surface area contributed by atoms with Gasteiger partial charge in [-0.3, -0.25) is 9.59 Å². The fraction of sp³-hybridized carbons (Fsp3) is 0.846. The highest BCUT2D eigenvalue weighted by molar-refractivity contribution is 5.88. The van der Waals surface area contributed by atoms with Crippen molar-refractivity contribution < 1.29 is 9.59 Å². The van der Waals surface area contributed by atoms with Crippen molar-refractivity contribution in [2.24, 2.45) is 28.6 Å². The molecule has 2 amide bonds. The molecule has 32 heavy (non-hydrogen) atoms. The molecule has 0 radical (unpaired) electrons. The Hall–Kier alpha value is -2.08. The third-order valence-electron chi connectivity index (χ3n) is 9.48. The van der Waals surface area contributed by atoms with Crippen LogP contribution in [0, 0.1) is 46.5 Å². The Morgan fingerprint density at radius 2 is 1.28 bits per heavy atom. The maximum absolute atomic E-state index is 13.6. The summed E-state index contributed by atoms with van der Waals surface area (Å²) in [5.41, 5.74) is -0.758. The van der Waals surface area contributed by atoms with Crippen molar-refractivity contribution in [1.82, 2.24) is 10.6 Å². The van der Waals surface area contributed by atoms with E-state index >= 15 is 0 Å². The van der Waals surface area contributed by atoms with Crippen LogP contribution in [0.4, 0.5) is 0 Å². The zero-order valence-electron chi connectivity index (χ0n) is 19.1. The molecule has 6 aliphatic rings. The lowest BCUT2D eigenvalue weighted by Gasteiger charge is -2.60. The van der Waals surface area contributed by atoms with E-state index in [4.69, 9.17) is 11.8 Å². The smallest absolute Gasteiger partial charge is 0.226 e. The molecule has 6 aliphatic carbocycles. The van der Waals surface area contributed by atoms with Gasteiger partial charge < -0.3 is 15.5 Å². The summed E-state index contributed by atoms with van der Waals surface area (Å²) in [6, 6.07) is 2.87. The number of carbonyl (C=O) groups excluding carboxylic acids is 2. The number of nitrogens with one attached hydrogen (secondary N) is 2. The third kappa shape index (κ3) is 3.91. The van der Waals surface area contributed by atoms with Crippen molar-refractivity contribution in [3.63, 3.8) is 0 Å². The summed E-state index contributed by atoms with van der Waals surface area (Å²) >= 11 is 0. The van der Waals surface area contributed by atoms with Crippen molar-refractivity contribution in [3.05, 3.63) is 11.4 Å². The lowest BCUT2D eigenvalue weighted by atomic mass is 9.43. The van der Waals surface area contributed by atoms with Gasteiger partial charge in [0.1, 0.15) is 0 Å². The maximum atomic E-state index is 13.6. The number of hydrogen-bond donors (Lipinski definition) is 2. The topological polar surface area (TPSA) is 86.3 Å². The first-order chi connectivity index (χ1) is 15.4. The minimum atomic E-state index is -0.380. The van der Waals surface area contributed by atoms with Crippen molar-refractivity contribution in [2.75, 3.05) is 0 Å². The molecular formula is C26H36N4O2. The van der Waals surface area contributed by atoms with E-state index in [2.05, 4.69) is 21.5 Å². The molecule has 6 saturated carbocycles. The fourth-order valence-electron chi connectivity index (χ4n) is 8.19. The maximum Gasteiger partial charge on any atom is 0.226 e. The SMILES string of the molecule is [C-]#[N+]C1CCC(NC(=O)C23CC4CC(CC(C(=O)NC5CCC(C#N)CC5)(C4)C2)C3)CC1. The summed E-state index contributed by atoms with van der Waals surface area (Å²) in [4.78, 5) is 30.9. The van der Waals surface area contributed by atoms with Gasteiger partial charge >= 0.3 is 0 Å². The van der Waals surface area contributed by atoms with Crippen molar-refractivity contribution in [2.45, 2.75) is 108 Å². The minimum absolute atomic E-state index is 0.123. The van der Waals surface area contributed by atoms with Crippen LogP contribution in [0.25, 0.3) is 4.85 Å². The van der Waals surface area contributed by atoms with Crippen LogP contribution in [-0.2, 0) is 9.59 Å². The van der Waals surface area contributed by atoms with Gasteiger partial charge in [0.2, 0.25) is 17.9 Å². The molecule has 0 aromatic rings.